The second-order valence-corrected chi connectivity index (χ2v) is 11.8. The topological polar surface area (TPSA) is 118 Å². The van der Waals surface area contributed by atoms with Crippen molar-refractivity contribution in [3.8, 4) is 0 Å². The summed E-state index contributed by atoms with van der Waals surface area (Å²) in [4.78, 5) is -1.21. The van der Waals surface area contributed by atoms with E-state index in [0.29, 0.717) is 5.69 Å². The number of halogens is 1. The largest absolute Gasteiger partial charge is 0.398 e. The third-order valence-electron chi connectivity index (χ3n) is 5.87. The first kappa shape index (κ1) is 22.6. The summed E-state index contributed by atoms with van der Waals surface area (Å²) in [5, 5.41) is -1.65. The van der Waals surface area contributed by atoms with Gasteiger partial charge in [-0.2, -0.15) is 8.42 Å². The molecule has 0 bridgehead atoms. The van der Waals surface area contributed by atoms with Gasteiger partial charge in [-0.25, -0.2) is 8.42 Å². The van der Waals surface area contributed by atoms with Crippen molar-refractivity contribution in [2.75, 3.05) is 17.7 Å². The van der Waals surface area contributed by atoms with Gasteiger partial charge in [0.1, 0.15) is 5.25 Å². The summed E-state index contributed by atoms with van der Waals surface area (Å²) >= 11 is 6.09. The fourth-order valence-electron chi connectivity index (χ4n) is 4.43. The minimum atomic E-state index is -5.02. The number of nitrogens with zero attached hydrogens (tertiary/aromatic N) is 1. The van der Waals surface area contributed by atoms with E-state index in [4.69, 9.17) is 17.3 Å². The molecule has 0 saturated heterocycles. The monoisotopic (exact) mass is 492 g/mol. The molecule has 10 heteroatoms. The smallest absolute Gasteiger partial charge is 0.295 e. The summed E-state index contributed by atoms with van der Waals surface area (Å²) in [5.74, 6) is 0. The van der Waals surface area contributed by atoms with Crippen LogP contribution < -0.4 is 10.6 Å². The van der Waals surface area contributed by atoms with Crippen molar-refractivity contribution in [3.63, 3.8) is 0 Å². The van der Waals surface area contributed by atoms with E-state index in [1.54, 1.807) is 43.3 Å². The number of fused-ring (bicyclic) bond motifs is 1. The molecule has 32 heavy (non-hydrogen) atoms. The average Bonchev–Trinajstić information content (AvgIpc) is 3.00. The van der Waals surface area contributed by atoms with Gasteiger partial charge in [0.05, 0.1) is 15.6 Å². The highest BCUT2D eigenvalue weighted by molar-refractivity contribution is 7.94. The second-order valence-electron chi connectivity index (χ2n) is 7.77. The van der Waals surface area contributed by atoms with E-state index in [2.05, 4.69) is 0 Å². The summed E-state index contributed by atoms with van der Waals surface area (Å²) in [5.41, 5.74) is 7.45. The van der Waals surface area contributed by atoms with Crippen LogP contribution >= 0.6 is 11.6 Å². The molecule has 4 rings (SSSR count). The SMILES string of the molecule is Cc1ccc2c(c1)C(S(=O)(=O)c1ccc(N)c(Cl)c1)C(c1ccccc1)(S(=O)(=O)O)N2C. The minimum Gasteiger partial charge on any atom is -0.398 e. The van der Waals surface area contributed by atoms with Crippen molar-refractivity contribution < 1.29 is 21.4 Å². The van der Waals surface area contributed by atoms with Crippen LogP contribution in [-0.4, -0.2) is 28.4 Å². The summed E-state index contributed by atoms with van der Waals surface area (Å²) in [6.45, 7) is 1.78. The second kappa shape index (κ2) is 7.48. The maximum absolute atomic E-state index is 14.1. The van der Waals surface area contributed by atoms with Crippen LogP contribution in [0.1, 0.15) is 21.9 Å². The number of nitrogens with two attached hydrogens (primary N) is 1. The predicted molar refractivity (Wildman–Crippen MR) is 125 cm³/mol. The number of anilines is 2. The van der Waals surface area contributed by atoms with Gasteiger partial charge in [-0.1, -0.05) is 59.6 Å². The Bertz CT molecular complexity index is 1430. The number of nitrogen functional groups attached to an aromatic ring is 1. The van der Waals surface area contributed by atoms with Crippen molar-refractivity contribution in [2.45, 2.75) is 21.9 Å². The van der Waals surface area contributed by atoms with Crippen LogP contribution in [0.5, 0.6) is 0 Å². The molecule has 0 amide bonds. The molecule has 3 aromatic rings. The summed E-state index contributed by atoms with van der Waals surface area (Å²) < 4.78 is 65.0. The molecule has 0 aromatic heterocycles. The van der Waals surface area contributed by atoms with Crippen LogP contribution in [0.15, 0.2) is 71.6 Å². The van der Waals surface area contributed by atoms with Gasteiger partial charge in [-0.05, 0) is 42.3 Å². The lowest BCUT2D eigenvalue weighted by atomic mass is 10.00. The van der Waals surface area contributed by atoms with E-state index in [-0.39, 0.29) is 26.7 Å². The zero-order valence-electron chi connectivity index (χ0n) is 17.2. The molecular weight excluding hydrogens is 472 g/mol. The standard InChI is InChI=1S/C22H21ClN2O5S2/c1-14-8-11-20-17(12-14)21(31(26,27)16-9-10-19(24)18(23)13-16)22(25(20)2,32(28,29)30)15-6-4-3-5-7-15/h3-13,21H,24H2,1-2H3,(H,28,29,30). The minimum absolute atomic E-state index is 0.0269. The van der Waals surface area contributed by atoms with Crippen molar-refractivity contribution in [1.82, 2.24) is 0 Å². The van der Waals surface area contributed by atoms with Crippen molar-refractivity contribution in [2.24, 2.45) is 0 Å². The molecule has 2 unspecified atom stereocenters. The van der Waals surface area contributed by atoms with E-state index in [0.717, 1.165) is 5.56 Å². The van der Waals surface area contributed by atoms with Gasteiger partial charge < -0.3 is 10.6 Å². The molecular formula is C22H21ClN2O5S2. The first-order chi connectivity index (χ1) is 14.9. The van der Waals surface area contributed by atoms with E-state index in [9.17, 15) is 21.4 Å². The van der Waals surface area contributed by atoms with Crippen LogP contribution in [0.25, 0.3) is 0 Å². The predicted octanol–water partition coefficient (Wildman–Crippen LogP) is 3.94. The first-order valence-corrected chi connectivity index (χ1v) is 12.9. The van der Waals surface area contributed by atoms with E-state index in [1.165, 1.54) is 42.3 Å². The Hall–Kier alpha value is -2.59. The zero-order chi connectivity index (χ0) is 23.5. The average molecular weight is 493 g/mol. The molecule has 1 heterocycles. The number of aryl methyl sites for hydroxylation is 1. The van der Waals surface area contributed by atoms with Gasteiger partial charge in [-0.15, -0.1) is 0 Å². The van der Waals surface area contributed by atoms with Crippen molar-refractivity contribution >= 4 is 42.9 Å². The summed E-state index contributed by atoms with van der Waals surface area (Å²) in [6.07, 6.45) is 0. The molecule has 0 saturated carbocycles. The molecule has 3 aromatic carbocycles. The number of likely N-dealkylation sites (N-methyl/N-ethyl adjacent to an activating group) is 1. The summed E-state index contributed by atoms with van der Waals surface area (Å²) in [7, 11) is -7.96. The number of sulfone groups is 1. The molecule has 2 atom stereocenters. The number of hydrogen-bond donors (Lipinski definition) is 2. The third-order valence-corrected chi connectivity index (χ3v) is 10.0. The normalized spacial score (nSPS) is 20.9. The van der Waals surface area contributed by atoms with Crippen molar-refractivity contribution in [1.29, 1.82) is 0 Å². The fourth-order valence-corrected chi connectivity index (χ4v) is 8.75. The Morgan fingerprint density at radius 1 is 1.00 bits per heavy atom. The van der Waals surface area contributed by atoms with Crippen LogP contribution in [-0.2, 0) is 24.8 Å². The first-order valence-electron chi connectivity index (χ1n) is 9.58. The fraction of sp³-hybridized carbons (Fsp3) is 0.182. The van der Waals surface area contributed by atoms with Crippen molar-refractivity contribution in [3.05, 3.63) is 88.4 Å². The molecule has 1 aliphatic rings. The van der Waals surface area contributed by atoms with Crippen LogP contribution in [0.3, 0.4) is 0 Å². The molecule has 0 aliphatic carbocycles. The van der Waals surface area contributed by atoms with Gasteiger partial charge in [0.2, 0.25) is 4.87 Å². The number of hydrogen-bond acceptors (Lipinski definition) is 6. The van der Waals surface area contributed by atoms with Gasteiger partial charge in [0, 0.05) is 12.7 Å². The van der Waals surface area contributed by atoms with Gasteiger partial charge in [-0.3, -0.25) is 4.55 Å². The molecule has 7 nitrogen and oxygen atoms in total. The van der Waals surface area contributed by atoms with Crippen LogP contribution in [0, 0.1) is 6.92 Å². The molecule has 1 aliphatic heterocycles. The molecule has 168 valence electrons. The lowest BCUT2D eigenvalue weighted by Crippen LogP contribution is -2.52. The molecule has 3 N–H and O–H groups in total. The maximum Gasteiger partial charge on any atom is 0.295 e. The Labute approximate surface area is 192 Å². The van der Waals surface area contributed by atoms with Gasteiger partial charge in [0.25, 0.3) is 10.1 Å². The lowest BCUT2D eigenvalue weighted by Gasteiger charge is -2.38. The quantitative estimate of drug-likeness (QED) is 0.418. The van der Waals surface area contributed by atoms with Gasteiger partial charge in [0.15, 0.2) is 9.84 Å². The Kier molecular flexibility index (Phi) is 5.28. The van der Waals surface area contributed by atoms with E-state index >= 15 is 0 Å². The molecule has 0 fully saturated rings. The Morgan fingerprint density at radius 2 is 1.66 bits per heavy atom. The summed E-state index contributed by atoms with van der Waals surface area (Å²) in [6, 6.07) is 16.7. The highest BCUT2D eigenvalue weighted by Gasteiger charge is 2.65. The molecule has 0 radical (unpaired) electrons. The molecule has 0 spiro atoms. The number of rotatable bonds is 4. The van der Waals surface area contributed by atoms with E-state index in [1.807, 2.05) is 0 Å². The van der Waals surface area contributed by atoms with Crippen LogP contribution in [0.4, 0.5) is 11.4 Å². The van der Waals surface area contributed by atoms with E-state index < -0.39 is 30.1 Å². The van der Waals surface area contributed by atoms with Crippen LogP contribution in [0.2, 0.25) is 5.02 Å². The highest BCUT2D eigenvalue weighted by Crippen LogP contribution is 2.58. The number of benzene rings is 3. The Morgan fingerprint density at radius 3 is 2.25 bits per heavy atom. The Balaban J connectivity index is 2.15. The third kappa shape index (κ3) is 3.11. The van der Waals surface area contributed by atoms with Gasteiger partial charge >= 0.3 is 0 Å². The lowest BCUT2D eigenvalue weighted by molar-refractivity contribution is 0.417. The highest BCUT2D eigenvalue weighted by atomic mass is 35.5. The maximum atomic E-state index is 14.1. The zero-order valence-corrected chi connectivity index (χ0v) is 19.6.